The van der Waals surface area contributed by atoms with Crippen molar-refractivity contribution in [3.05, 3.63) is 82.4 Å². The molecule has 1 atom stereocenters. The molecule has 2 heterocycles. The lowest BCUT2D eigenvalue weighted by molar-refractivity contribution is -0.122. The highest BCUT2D eigenvalue weighted by Crippen LogP contribution is 2.33. The molecular weight excluding hydrogens is 382 g/mol. The lowest BCUT2D eigenvalue weighted by Crippen LogP contribution is -2.38. The molecule has 3 N–H and O–H groups in total. The second kappa shape index (κ2) is 8.58. The van der Waals surface area contributed by atoms with Crippen LogP contribution in [0.5, 0.6) is 5.75 Å². The first-order valence-electron chi connectivity index (χ1n) is 8.47. The van der Waals surface area contributed by atoms with Gasteiger partial charge in [0, 0.05) is 23.0 Å². The molecule has 1 amide bonds. The average Bonchev–Trinajstić information content (AvgIpc) is 3.16. The topological polar surface area (TPSA) is 107 Å². The van der Waals surface area contributed by atoms with Crippen LogP contribution in [0, 0.1) is 0 Å². The number of carboxylic acid groups (broad SMARTS) is 1. The number of imidazole rings is 1. The number of carbonyl (C=O) groups is 2. The Morgan fingerprint density at radius 2 is 2.00 bits per heavy atom. The first-order valence-corrected chi connectivity index (χ1v) is 8.85. The molecule has 0 saturated heterocycles. The minimum Gasteiger partial charge on any atom is -0.508 e. The fourth-order valence-electron chi connectivity index (χ4n) is 3.28. The molecule has 4 rings (SSSR count). The third-order valence-electron chi connectivity index (χ3n) is 4.46. The number of aromatic hydroxyl groups is 1. The lowest BCUT2D eigenvalue weighted by atomic mass is 9.90. The molecule has 0 fully saturated rings. The van der Waals surface area contributed by atoms with Crippen LogP contribution in [0.15, 0.2) is 54.9 Å². The maximum absolute atomic E-state index is 12.9. The number of amides is 1. The van der Waals surface area contributed by atoms with Crippen molar-refractivity contribution in [2.45, 2.75) is 12.5 Å². The van der Waals surface area contributed by atoms with Crippen LogP contribution in [0.4, 0.5) is 0 Å². The zero-order chi connectivity index (χ0) is 20.1. The van der Waals surface area contributed by atoms with Crippen molar-refractivity contribution >= 4 is 24.0 Å². The SMILES string of the molecule is O=C(c1cccc(Cl)c1)N1Cc2[nH]cnc2C(c2cccc(O)c2)C1.O=CO. The third kappa shape index (κ3) is 4.15. The number of phenolic OH excluding ortho intramolecular Hbond substituents is 1. The Labute approximate surface area is 166 Å². The number of hydrogen-bond acceptors (Lipinski definition) is 4. The Balaban J connectivity index is 0.000000706. The third-order valence-corrected chi connectivity index (χ3v) is 4.70. The maximum atomic E-state index is 12.9. The van der Waals surface area contributed by atoms with Gasteiger partial charge in [-0.1, -0.05) is 29.8 Å². The van der Waals surface area contributed by atoms with Crippen LogP contribution in [0.25, 0.3) is 0 Å². The van der Waals surface area contributed by atoms with E-state index in [2.05, 4.69) is 9.97 Å². The van der Waals surface area contributed by atoms with Crippen LogP contribution in [0.2, 0.25) is 5.02 Å². The van der Waals surface area contributed by atoms with E-state index in [0.717, 1.165) is 17.0 Å². The van der Waals surface area contributed by atoms with Crippen LogP contribution < -0.4 is 0 Å². The summed E-state index contributed by atoms with van der Waals surface area (Å²) >= 11 is 6.02. The number of halogens is 1. The number of hydrogen-bond donors (Lipinski definition) is 3. The summed E-state index contributed by atoms with van der Waals surface area (Å²) in [6.45, 7) is 0.711. The fourth-order valence-corrected chi connectivity index (χ4v) is 3.47. The van der Waals surface area contributed by atoms with E-state index in [-0.39, 0.29) is 24.0 Å². The zero-order valence-corrected chi connectivity index (χ0v) is 15.5. The van der Waals surface area contributed by atoms with Gasteiger partial charge in [-0.15, -0.1) is 0 Å². The van der Waals surface area contributed by atoms with Crippen LogP contribution in [0.3, 0.4) is 0 Å². The molecule has 2 aromatic carbocycles. The minimum absolute atomic E-state index is 0.0760. The van der Waals surface area contributed by atoms with Crippen LogP contribution in [-0.2, 0) is 11.3 Å². The van der Waals surface area contributed by atoms with Crippen molar-refractivity contribution in [1.29, 1.82) is 0 Å². The zero-order valence-electron chi connectivity index (χ0n) is 14.7. The first-order chi connectivity index (χ1) is 13.5. The number of phenols is 1. The van der Waals surface area contributed by atoms with Gasteiger partial charge in [0.25, 0.3) is 12.4 Å². The van der Waals surface area contributed by atoms with Gasteiger partial charge in [0.15, 0.2) is 0 Å². The Morgan fingerprint density at radius 1 is 1.25 bits per heavy atom. The van der Waals surface area contributed by atoms with Gasteiger partial charge in [-0.2, -0.15) is 0 Å². The Hall–Kier alpha value is -3.32. The molecule has 144 valence electrons. The summed E-state index contributed by atoms with van der Waals surface area (Å²) in [5.74, 6) is 0.0333. The van der Waals surface area contributed by atoms with Gasteiger partial charge in [0.1, 0.15) is 5.75 Å². The number of H-pyrrole nitrogens is 1. The van der Waals surface area contributed by atoms with Gasteiger partial charge in [-0.25, -0.2) is 4.98 Å². The number of aromatic nitrogens is 2. The molecule has 0 saturated carbocycles. The number of carbonyl (C=O) groups excluding carboxylic acids is 1. The molecule has 28 heavy (non-hydrogen) atoms. The van der Waals surface area contributed by atoms with E-state index in [1.807, 2.05) is 6.07 Å². The quantitative estimate of drug-likeness (QED) is 0.573. The van der Waals surface area contributed by atoms with Crippen molar-refractivity contribution < 1.29 is 19.8 Å². The predicted molar refractivity (Wildman–Crippen MR) is 103 cm³/mol. The Kier molecular flexibility index (Phi) is 5.96. The number of nitrogens with one attached hydrogen (secondary N) is 1. The van der Waals surface area contributed by atoms with Crippen molar-refractivity contribution in [2.24, 2.45) is 0 Å². The summed E-state index contributed by atoms with van der Waals surface area (Å²) in [7, 11) is 0. The monoisotopic (exact) mass is 399 g/mol. The summed E-state index contributed by atoms with van der Waals surface area (Å²) in [6, 6.07) is 14.1. The number of nitrogens with zero attached hydrogens (tertiary/aromatic N) is 2. The molecular formula is C20H18ClN3O4. The maximum Gasteiger partial charge on any atom is 0.290 e. The van der Waals surface area contributed by atoms with Crippen molar-refractivity contribution in [1.82, 2.24) is 14.9 Å². The molecule has 1 aromatic heterocycles. The van der Waals surface area contributed by atoms with E-state index in [9.17, 15) is 9.90 Å². The summed E-state index contributed by atoms with van der Waals surface area (Å²) in [6.07, 6.45) is 1.65. The fraction of sp³-hybridized carbons (Fsp3) is 0.150. The number of benzene rings is 2. The molecule has 7 nitrogen and oxygen atoms in total. The van der Waals surface area contributed by atoms with Gasteiger partial charge >= 0.3 is 0 Å². The number of aromatic amines is 1. The molecule has 0 aliphatic carbocycles. The summed E-state index contributed by atoms with van der Waals surface area (Å²) < 4.78 is 0. The van der Waals surface area contributed by atoms with E-state index >= 15 is 0 Å². The van der Waals surface area contributed by atoms with Gasteiger partial charge in [-0.3, -0.25) is 9.59 Å². The molecule has 8 heteroatoms. The highest BCUT2D eigenvalue weighted by Gasteiger charge is 2.31. The smallest absolute Gasteiger partial charge is 0.290 e. The summed E-state index contributed by atoms with van der Waals surface area (Å²) in [4.78, 5) is 30.6. The van der Waals surface area contributed by atoms with Gasteiger partial charge in [-0.05, 0) is 35.9 Å². The minimum atomic E-state index is -0.250. The van der Waals surface area contributed by atoms with Gasteiger partial charge in [0.2, 0.25) is 0 Å². The molecule has 1 unspecified atom stereocenters. The Morgan fingerprint density at radius 3 is 2.71 bits per heavy atom. The van der Waals surface area contributed by atoms with Gasteiger partial charge < -0.3 is 20.1 Å². The van der Waals surface area contributed by atoms with Crippen LogP contribution in [-0.4, -0.2) is 44.0 Å². The van der Waals surface area contributed by atoms with E-state index in [1.165, 1.54) is 0 Å². The lowest BCUT2D eigenvalue weighted by Gasteiger charge is -2.32. The molecule has 1 aliphatic heterocycles. The normalized spacial score (nSPS) is 15.2. The highest BCUT2D eigenvalue weighted by molar-refractivity contribution is 6.30. The molecule has 0 spiro atoms. The van der Waals surface area contributed by atoms with E-state index < -0.39 is 0 Å². The predicted octanol–water partition coefficient (Wildman–Crippen LogP) is 3.26. The van der Waals surface area contributed by atoms with Crippen molar-refractivity contribution in [3.8, 4) is 5.75 Å². The van der Waals surface area contributed by atoms with E-state index in [0.29, 0.717) is 23.7 Å². The summed E-state index contributed by atoms with van der Waals surface area (Å²) in [5, 5.41) is 17.2. The summed E-state index contributed by atoms with van der Waals surface area (Å²) in [5.41, 5.74) is 3.32. The Bertz CT molecular complexity index is 989. The number of rotatable bonds is 2. The average molecular weight is 400 g/mol. The second-order valence-electron chi connectivity index (χ2n) is 6.22. The standard InChI is InChI=1S/C19H16ClN3O2.CH2O2/c20-14-5-1-4-13(7-14)19(25)23-9-16(12-3-2-6-15(24)8-12)18-17(10-23)21-11-22-18;2-1-3/h1-8,11,16,24H,9-10H2,(H,21,22);1H,(H,2,3). The second-order valence-corrected chi connectivity index (χ2v) is 6.65. The highest BCUT2D eigenvalue weighted by atomic mass is 35.5. The number of fused-ring (bicyclic) bond motifs is 1. The van der Waals surface area contributed by atoms with Crippen molar-refractivity contribution in [2.75, 3.05) is 6.54 Å². The molecule has 0 bridgehead atoms. The first kappa shape index (κ1) is 19.4. The van der Waals surface area contributed by atoms with Crippen LogP contribution in [0.1, 0.15) is 33.2 Å². The van der Waals surface area contributed by atoms with Crippen molar-refractivity contribution in [3.63, 3.8) is 0 Å². The van der Waals surface area contributed by atoms with E-state index in [4.69, 9.17) is 21.5 Å². The molecule has 3 aromatic rings. The largest absolute Gasteiger partial charge is 0.508 e. The van der Waals surface area contributed by atoms with Crippen LogP contribution >= 0.6 is 11.6 Å². The van der Waals surface area contributed by atoms with Gasteiger partial charge in [0.05, 0.1) is 24.3 Å². The molecule has 1 aliphatic rings. The van der Waals surface area contributed by atoms with E-state index in [1.54, 1.807) is 53.7 Å². The molecule has 0 radical (unpaired) electrons.